The lowest BCUT2D eigenvalue weighted by atomic mass is 9.91. The molecule has 13 heavy (non-hydrogen) atoms. The molecule has 77 valence electrons. The van der Waals surface area contributed by atoms with Gasteiger partial charge in [-0.1, -0.05) is 13.8 Å². The highest BCUT2D eigenvalue weighted by atomic mass is 15.2. The zero-order valence-electron chi connectivity index (χ0n) is 9.21. The molecule has 1 rings (SSSR count). The van der Waals surface area contributed by atoms with Gasteiger partial charge in [0.15, 0.2) is 0 Å². The van der Waals surface area contributed by atoms with E-state index in [9.17, 15) is 0 Å². The number of piperidine rings is 1. The van der Waals surface area contributed by atoms with Crippen LogP contribution in [0.3, 0.4) is 0 Å². The zero-order chi connectivity index (χ0) is 9.84. The van der Waals surface area contributed by atoms with Crippen LogP contribution < -0.4 is 5.73 Å². The minimum absolute atomic E-state index is 0.720. The molecule has 0 bridgehead atoms. The highest BCUT2D eigenvalue weighted by Crippen LogP contribution is 2.22. The third-order valence-corrected chi connectivity index (χ3v) is 2.98. The van der Waals surface area contributed by atoms with E-state index in [0.29, 0.717) is 0 Å². The van der Waals surface area contributed by atoms with Crippen LogP contribution in [-0.4, -0.2) is 30.6 Å². The largest absolute Gasteiger partial charge is 0.330 e. The van der Waals surface area contributed by atoms with Crippen LogP contribution in [0.15, 0.2) is 0 Å². The van der Waals surface area contributed by atoms with Gasteiger partial charge in [-0.15, -0.1) is 0 Å². The van der Waals surface area contributed by atoms with Gasteiger partial charge in [-0.3, -0.25) is 0 Å². The lowest BCUT2D eigenvalue weighted by Gasteiger charge is -2.38. The van der Waals surface area contributed by atoms with Crippen LogP contribution in [0.25, 0.3) is 0 Å². The molecule has 0 amide bonds. The van der Waals surface area contributed by atoms with Crippen molar-refractivity contribution in [3.63, 3.8) is 0 Å². The minimum atomic E-state index is 0.720. The molecule has 0 aliphatic carbocycles. The van der Waals surface area contributed by atoms with Gasteiger partial charge < -0.3 is 10.6 Å². The van der Waals surface area contributed by atoms with Crippen molar-refractivity contribution < 1.29 is 0 Å². The molecule has 0 aromatic heterocycles. The fraction of sp³-hybridized carbons (Fsp3) is 0.909. The van der Waals surface area contributed by atoms with E-state index in [1.165, 1.54) is 31.8 Å². The Bertz CT molecular complexity index is 145. The zero-order valence-corrected chi connectivity index (χ0v) is 9.21. The number of likely N-dealkylation sites (tertiary alicyclic amines) is 1. The van der Waals surface area contributed by atoms with Crippen molar-refractivity contribution in [1.29, 1.82) is 0 Å². The van der Waals surface area contributed by atoms with Crippen molar-refractivity contribution in [3.8, 4) is 0 Å². The van der Waals surface area contributed by atoms with Gasteiger partial charge in [0, 0.05) is 12.6 Å². The monoisotopic (exact) mass is 183 g/mol. The van der Waals surface area contributed by atoms with Gasteiger partial charge in [0.25, 0.3) is 0 Å². The van der Waals surface area contributed by atoms with E-state index in [1.807, 2.05) is 0 Å². The van der Waals surface area contributed by atoms with E-state index in [2.05, 4.69) is 25.7 Å². The van der Waals surface area contributed by atoms with Crippen LogP contribution in [0.4, 0.5) is 0 Å². The summed E-state index contributed by atoms with van der Waals surface area (Å²) in [5, 5.41) is 0. The fourth-order valence-electron chi connectivity index (χ4n) is 2.17. The number of nitrogens with zero attached hydrogens (tertiary/aromatic N) is 1. The van der Waals surface area contributed by atoms with Gasteiger partial charge in [-0.05, 0) is 44.7 Å². The summed E-state index contributed by atoms with van der Waals surface area (Å²) < 4.78 is 0. The van der Waals surface area contributed by atoms with Crippen LogP contribution in [0.2, 0.25) is 0 Å². The average Bonchev–Trinajstić information content (AvgIpc) is 2.08. The third-order valence-electron chi connectivity index (χ3n) is 2.98. The lowest BCUT2D eigenvalue weighted by Crippen LogP contribution is -2.43. The molecule has 1 aliphatic rings. The summed E-state index contributed by atoms with van der Waals surface area (Å²) >= 11 is 0. The van der Waals surface area contributed by atoms with Crippen LogP contribution in [0.1, 0.15) is 33.6 Å². The standard InChI is InChI=1S/C11H23N2/c1-9(2)8-13-5-4-11(7-12)6-10(13)3/h10-11H,4-8,12H2,1-3H3. The van der Waals surface area contributed by atoms with Crippen molar-refractivity contribution in [1.82, 2.24) is 4.90 Å². The van der Waals surface area contributed by atoms with Gasteiger partial charge in [-0.25, -0.2) is 0 Å². The van der Waals surface area contributed by atoms with Crippen molar-refractivity contribution in [2.24, 2.45) is 11.7 Å². The lowest BCUT2D eigenvalue weighted by molar-refractivity contribution is 0.131. The summed E-state index contributed by atoms with van der Waals surface area (Å²) in [6.07, 6.45) is 2.57. The predicted octanol–water partition coefficient (Wildman–Crippen LogP) is 1.66. The quantitative estimate of drug-likeness (QED) is 0.721. The molecule has 1 saturated heterocycles. The molecule has 0 saturated carbocycles. The minimum Gasteiger partial charge on any atom is -0.330 e. The van der Waals surface area contributed by atoms with Crippen molar-refractivity contribution >= 4 is 0 Å². The van der Waals surface area contributed by atoms with Crippen molar-refractivity contribution in [3.05, 3.63) is 5.92 Å². The molecule has 0 spiro atoms. The van der Waals surface area contributed by atoms with Crippen LogP contribution in [0, 0.1) is 11.8 Å². The highest BCUT2D eigenvalue weighted by Gasteiger charge is 2.24. The Morgan fingerprint density at radius 3 is 2.62 bits per heavy atom. The Hall–Kier alpha value is -0.0800. The topological polar surface area (TPSA) is 29.3 Å². The second-order valence-corrected chi connectivity index (χ2v) is 4.65. The van der Waals surface area contributed by atoms with Gasteiger partial charge in [0.05, 0.1) is 0 Å². The summed E-state index contributed by atoms with van der Waals surface area (Å²) in [5.74, 6) is 2.28. The van der Waals surface area contributed by atoms with E-state index in [-0.39, 0.29) is 0 Å². The Labute approximate surface area is 82.5 Å². The molecule has 1 fully saturated rings. The van der Waals surface area contributed by atoms with Gasteiger partial charge in [-0.2, -0.15) is 0 Å². The first-order valence-corrected chi connectivity index (χ1v) is 5.36. The smallest absolute Gasteiger partial charge is 0.00702 e. The van der Waals surface area contributed by atoms with Crippen LogP contribution >= 0.6 is 0 Å². The van der Waals surface area contributed by atoms with Crippen molar-refractivity contribution in [2.45, 2.75) is 39.7 Å². The van der Waals surface area contributed by atoms with E-state index in [0.717, 1.165) is 18.5 Å². The SMILES string of the molecule is C[C](C)CN1CCC(CN)CC1C. The molecular formula is C11H23N2. The number of hydrogen-bond acceptors (Lipinski definition) is 2. The summed E-state index contributed by atoms with van der Waals surface area (Å²) in [6, 6.07) is 0.720. The normalized spacial score (nSPS) is 31.2. The molecule has 2 nitrogen and oxygen atoms in total. The Morgan fingerprint density at radius 2 is 2.15 bits per heavy atom. The highest BCUT2D eigenvalue weighted by molar-refractivity contribution is 4.87. The van der Waals surface area contributed by atoms with Gasteiger partial charge >= 0.3 is 0 Å². The first-order valence-electron chi connectivity index (χ1n) is 5.36. The summed E-state index contributed by atoms with van der Waals surface area (Å²) in [7, 11) is 0. The molecule has 1 radical (unpaired) electrons. The number of nitrogens with two attached hydrogens (primary N) is 1. The first-order chi connectivity index (χ1) is 6.13. The molecule has 2 unspecified atom stereocenters. The first kappa shape index (κ1) is 11.0. The van der Waals surface area contributed by atoms with E-state index < -0.39 is 0 Å². The molecule has 0 aromatic carbocycles. The number of rotatable bonds is 3. The summed E-state index contributed by atoms with van der Waals surface area (Å²) in [4.78, 5) is 2.57. The predicted molar refractivity (Wildman–Crippen MR) is 57.4 cm³/mol. The van der Waals surface area contributed by atoms with Gasteiger partial charge in [0.2, 0.25) is 0 Å². The second-order valence-electron chi connectivity index (χ2n) is 4.65. The maximum Gasteiger partial charge on any atom is 0.00702 e. The fourth-order valence-corrected chi connectivity index (χ4v) is 2.17. The Balaban J connectivity index is 2.35. The Kier molecular flexibility index (Phi) is 4.20. The average molecular weight is 183 g/mol. The van der Waals surface area contributed by atoms with Crippen LogP contribution in [-0.2, 0) is 0 Å². The third kappa shape index (κ3) is 3.28. The molecule has 2 heteroatoms. The molecule has 2 N–H and O–H groups in total. The maximum absolute atomic E-state index is 5.69. The molecule has 1 aliphatic heterocycles. The Morgan fingerprint density at radius 1 is 1.46 bits per heavy atom. The molecule has 2 atom stereocenters. The maximum atomic E-state index is 5.69. The summed E-state index contributed by atoms with van der Waals surface area (Å²) in [6.45, 7) is 10.0. The number of hydrogen-bond donors (Lipinski definition) is 1. The van der Waals surface area contributed by atoms with Crippen LogP contribution in [0.5, 0.6) is 0 Å². The van der Waals surface area contributed by atoms with E-state index in [4.69, 9.17) is 5.73 Å². The molecular weight excluding hydrogens is 160 g/mol. The van der Waals surface area contributed by atoms with E-state index in [1.54, 1.807) is 0 Å². The molecule has 1 heterocycles. The van der Waals surface area contributed by atoms with E-state index >= 15 is 0 Å². The van der Waals surface area contributed by atoms with Gasteiger partial charge in [0.1, 0.15) is 0 Å². The molecule has 0 aromatic rings. The van der Waals surface area contributed by atoms with Crippen molar-refractivity contribution in [2.75, 3.05) is 19.6 Å². The second kappa shape index (κ2) is 4.97. The summed E-state index contributed by atoms with van der Waals surface area (Å²) in [5.41, 5.74) is 5.69.